The van der Waals surface area contributed by atoms with E-state index in [-0.39, 0.29) is 12.3 Å². The average molecular weight is 432 g/mol. The molecule has 2 aromatic carbocycles. The second kappa shape index (κ2) is 9.87. The van der Waals surface area contributed by atoms with Crippen molar-refractivity contribution in [3.05, 3.63) is 70.2 Å². The standard InChI is InChI=1S/C20H22BrN3O3/c1-13(25)23-18(11-14-6-3-2-4-7-14)20(27)24-17(19(22)26)12-15-8-5-9-16(21)10-15/h2-10,17-18H,11-12H2,1H3,(H2,22,26)(H,23,25)(H,24,27)/t17-,18-/m1/s1. The Morgan fingerprint density at radius 1 is 0.926 bits per heavy atom. The van der Waals surface area contributed by atoms with Gasteiger partial charge in [-0.05, 0) is 23.3 Å². The second-order valence-electron chi connectivity index (χ2n) is 6.24. The summed E-state index contributed by atoms with van der Waals surface area (Å²) in [6.07, 6.45) is 0.577. The van der Waals surface area contributed by atoms with Crippen molar-refractivity contribution in [1.29, 1.82) is 0 Å². The fourth-order valence-corrected chi connectivity index (χ4v) is 3.15. The molecule has 6 nitrogen and oxygen atoms in total. The Kier molecular flexibility index (Phi) is 7.55. The van der Waals surface area contributed by atoms with Crippen molar-refractivity contribution >= 4 is 33.7 Å². The highest BCUT2D eigenvalue weighted by atomic mass is 79.9. The zero-order valence-electron chi connectivity index (χ0n) is 14.9. The van der Waals surface area contributed by atoms with E-state index in [0.29, 0.717) is 6.42 Å². The van der Waals surface area contributed by atoms with Gasteiger partial charge in [-0.25, -0.2) is 0 Å². The van der Waals surface area contributed by atoms with Gasteiger partial charge in [-0.2, -0.15) is 0 Å². The van der Waals surface area contributed by atoms with Gasteiger partial charge in [0.15, 0.2) is 0 Å². The number of carbonyl (C=O) groups excluding carboxylic acids is 3. The predicted molar refractivity (Wildman–Crippen MR) is 107 cm³/mol. The van der Waals surface area contributed by atoms with Crippen LogP contribution < -0.4 is 16.4 Å². The van der Waals surface area contributed by atoms with Crippen molar-refractivity contribution in [2.75, 3.05) is 0 Å². The minimum Gasteiger partial charge on any atom is -0.368 e. The Morgan fingerprint density at radius 2 is 1.56 bits per heavy atom. The lowest BCUT2D eigenvalue weighted by Crippen LogP contribution is -2.54. The fourth-order valence-electron chi connectivity index (χ4n) is 2.70. The average Bonchev–Trinajstić information content (AvgIpc) is 2.61. The molecular weight excluding hydrogens is 410 g/mol. The molecule has 3 amide bonds. The smallest absolute Gasteiger partial charge is 0.243 e. The van der Waals surface area contributed by atoms with Gasteiger partial charge >= 0.3 is 0 Å². The number of nitrogens with one attached hydrogen (secondary N) is 2. The third-order valence-corrected chi connectivity index (χ3v) is 4.46. The third kappa shape index (κ3) is 6.86. The van der Waals surface area contributed by atoms with E-state index in [1.165, 1.54) is 6.92 Å². The molecule has 0 saturated heterocycles. The van der Waals surface area contributed by atoms with E-state index in [1.807, 2.05) is 54.6 Å². The quantitative estimate of drug-likeness (QED) is 0.592. The van der Waals surface area contributed by atoms with E-state index in [1.54, 1.807) is 0 Å². The van der Waals surface area contributed by atoms with E-state index in [9.17, 15) is 14.4 Å². The van der Waals surface area contributed by atoms with Gasteiger partial charge in [0.1, 0.15) is 12.1 Å². The van der Waals surface area contributed by atoms with Crippen LogP contribution in [0, 0.1) is 0 Å². The lowest BCUT2D eigenvalue weighted by atomic mass is 10.0. The molecule has 0 aliphatic rings. The number of rotatable bonds is 8. The van der Waals surface area contributed by atoms with Crippen LogP contribution in [0.5, 0.6) is 0 Å². The van der Waals surface area contributed by atoms with Crippen LogP contribution in [0.1, 0.15) is 18.1 Å². The van der Waals surface area contributed by atoms with Gasteiger partial charge in [-0.3, -0.25) is 14.4 Å². The molecule has 142 valence electrons. The number of halogens is 1. The van der Waals surface area contributed by atoms with Crippen molar-refractivity contribution in [2.45, 2.75) is 31.8 Å². The summed E-state index contributed by atoms with van der Waals surface area (Å²) in [6, 6.07) is 15.1. The highest BCUT2D eigenvalue weighted by Crippen LogP contribution is 2.13. The maximum Gasteiger partial charge on any atom is 0.243 e. The van der Waals surface area contributed by atoms with Gasteiger partial charge in [-0.1, -0.05) is 58.4 Å². The monoisotopic (exact) mass is 431 g/mol. The van der Waals surface area contributed by atoms with Crippen LogP contribution in [0.3, 0.4) is 0 Å². The molecule has 0 bridgehead atoms. The third-order valence-electron chi connectivity index (χ3n) is 3.97. The van der Waals surface area contributed by atoms with Crippen LogP contribution in [-0.2, 0) is 27.2 Å². The summed E-state index contributed by atoms with van der Waals surface area (Å²) in [7, 11) is 0. The number of hydrogen-bond acceptors (Lipinski definition) is 3. The molecule has 2 aromatic rings. The van der Waals surface area contributed by atoms with Crippen LogP contribution in [-0.4, -0.2) is 29.8 Å². The van der Waals surface area contributed by atoms with Crippen molar-refractivity contribution in [3.8, 4) is 0 Å². The summed E-state index contributed by atoms with van der Waals surface area (Å²) in [6.45, 7) is 1.35. The first-order valence-electron chi connectivity index (χ1n) is 8.50. The molecule has 4 N–H and O–H groups in total. The zero-order chi connectivity index (χ0) is 19.8. The van der Waals surface area contributed by atoms with E-state index >= 15 is 0 Å². The molecule has 2 atom stereocenters. The van der Waals surface area contributed by atoms with Gasteiger partial charge in [0.05, 0.1) is 0 Å². The molecule has 27 heavy (non-hydrogen) atoms. The summed E-state index contributed by atoms with van der Waals surface area (Å²) < 4.78 is 0.870. The first-order chi connectivity index (χ1) is 12.8. The van der Waals surface area contributed by atoms with Crippen molar-refractivity contribution in [2.24, 2.45) is 5.73 Å². The largest absolute Gasteiger partial charge is 0.368 e. The molecule has 0 heterocycles. The lowest BCUT2D eigenvalue weighted by molar-refractivity contribution is -0.130. The molecule has 0 fully saturated rings. The molecule has 2 rings (SSSR count). The molecule has 0 radical (unpaired) electrons. The Bertz CT molecular complexity index is 811. The first-order valence-corrected chi connectivity index (χ1v) is 9.29. The second-order valence-corrected chi connectivity index (χ2v) is 7.16. The maximum absolute atomic E-state index is 12.7. The lowest BCUT2D eigenvalue weighted by Gasteiger charge is -2.22. The molecule has 0 aliphatic heterocycles. The maximum atomic E-state index is 12.7. The van der Waals surface area contributed by atoms with E-state index in [4.69, 9.17) is 5.73 Å². The van der Waals surface area contributed by atoms with Crippen molar-refractivity contribution < 1.29 is 14.4 Å². The highest BCUT2D eigenvalue weighted by molar-refractivity contribution is 9.10. The first kappa shape index (κ1) is 20.6. The van der Waals surface area contributed by atoms with Gasteiger partial charge in [0.2, 0.25) is 17.7 Å². The Balaban J connectivity index is 2.11. The Hall–Kier alpha value is -2.67. The van der Waals surface area contributed by atoms with E-state index < -0.39 is 23.9 Å². The molecule has 0 spiro atoms. The molecular formula is C20H22BrN3O3. The topological polar surface area (TPSA) is 101 Å². The summed E-state index contributed by atoms with van der Waals surface area (Å²) in [5.74, 6) is -1.41. The number of carbonyl (C=O) groups is 3. The van der Waals surface area contributed by atoms with Gasteiger partial charge < -0.3 is 16.4 Å². The zero-order valence-corrected chi connectivity index (χ0v) is 16.5. The van der Waals surface area contributed by atoms with Crippen LogP contribution in [0.2, 0.25) is 0 Å². The number of hydrogen-bond donors (Lipinski definition) is 3. The highest BCUT2D eigenvalue weighted by Gasteiger charge is 2.25. The van der Waals surface area contributed by atoms with E-state index in [2.05, 4.69) is 26.6 Å². The Labute approximate surface area is 166 Å². The van der Waals surface area contributed by atoms with Crippen LogP contribution in [0.25, 0.3) is 0 Å². The number of amides is 3. The summed E-state index contributed by atoms with van der Waals surface area (Å²) >= 11 is 3.38. The van der Waals surface area contributed by atoms with Crippen LogP contribution in [0.15, 0.2) is 59.1 Å². The number of primary amides is 1. The predicted octanol–water partition coefficient (Wildman–Crippen LogP) is 1.71. The molecule has 7 heteroatoms. The summed E-state index contributed by atoms with van der Waals surface area (Å²) in [5, 5.41) is 5.30. The molecule has 0 aromatic heterocycles. The normalized spacial score (nSPS) is 12.7. The molecule has 0 aliphatic carbocycles. The van der Waals surface area contributed by atoms with Crippen molar-refractivity contribution in [1.82, 2.24) is 10.6 Å². The van der Waals surface area contributed by atoms with E-state index in [0.717, 1.165) is 15.6 Å². The SMILES string of the molecule is CC(=O)N[C@H](Cc1ccccc1)C(=O)N[C@H](Cc1cccc(Br)c1)C(N)=O. The molecule has 0 unspecified atom stereocenters. The van der Waals surface area contributed by atoms with Gasteiger partial charge in [-0.15, -0.1) is 0 Å². The van der Waals surface area contributed by atoms with Gasteiger partial charge in [0, 0.05) is 24.2 Å². The fraction of sp³-hybridized carbons (Fsp3) is 0.250. The summed E-state index contributed by atoms with van der Waals surface area (Å²) in [4.78, 5) is 36.1. The number of benzene rings is 2. The Morgan fingerprint density at radius 3 is 2.15 bits per heavy atom. The minimum atomic E-state index is -0.876. The van der Waals surface area contributed by atoms with Crippen LogP contribution in [0.4, 0.5) is 0 Å². The summed E-state index contributed by atoms with van der Waals surface area (Å²) in [5.41, 5.74) is 7.22. The van der Waals surface area contributed by atoms with Gasteiger partial charge in [0.25, 0.3) is 0 Å². The molecule has 0 saturated carbocycles. The van der Waals surface area contributed by atoms with Crippen molar-refractivity contribution in [3.63, 3.8) is 0 Å². The number of nitrogens with two attached hydrogens (primary N) is 1. The minimum absolute atomic E-state index is 0.263. The van der Waals surface area contributed by atoms with Crippen LogP contribution >= 0.6 is 15.9 Å².